The van der Waals surface area contributed by atoms with Crippen LogP contribution in [0.4, 0.5) is 4.39 Å². The van der Waals surface area contributed by atoms with Gasteiger partial charge < -0.3 is 4.74 Å². The van der Waals surface area contributed by atoms with Gasteiger partial charge in [-0.2, -0.15) is 0 Å². The van der Waals surface area contributed by atoms with Crippen molar-refractivity contribution in [2.75, 3.05) is 0 Å². The lowest BCUT2D eigenvalue weighted by atomic mass is 10.2. The third-order valence-corrected chi connectivity index (χ3v) is 2.75. The van der Waals surface area contributed by atoms with Gasteiger partial charge in [0.25, 0.3) is 0 Å². The third kappa shape index (κ3) is 2.06. The van der Waals surface area contributed by atoms with Gasteiger partial charge in [-0.25, -0.2) is 4.39 Å². The van der Waals surface area contributed by atoms with Gasteiger partial charge in [0.05, 0.1) is 6.10 Å². The molecule has 0 heterocycles. The third-order valence-electron chi connectivity index (χ3n) is 2.75. The molecule has 0 unspecified atom stereocenters. The van der Waals surface area contributed by atoms with Crippen molar-refractivity contribution in [3.63, 3.8) is 0 Å². The molecule has 14 heavy (non-hydrogen) atoms. The Hall–Kier alpha value is -1.05. The van der Waals surface area contributed by atoms with Gasteiger partial charge in [0.2, 0.25) is 0 Å². The Morgan fingerprint density at radius 1 is 1.29 bits per heavy atom. The van der Waals surface area contributed by atoms with Crippen molar-refractivity contribution in [3.8, 4) is 5.75 Å². The average Bonchev–Trinajstić information content (AvgIpc) is 2.64. The molecule has 0 aliphatic heterocycles. The molecule has 1 aromatic rings. The Balaban J connectivity index is 2.10. The molecule has 0 amide bonds. The van der Waals surface area contributed by atoms with Crippen LogP contribution in [0, 0.1) is 12.7 Å². The SMILES string of the molecule is Cc1ccc(F)cc1OC1CCCC1. The van der Waals surface area contributed by atoms with Crippen LogP contribution >= 0.6 is 0 Å². The number of rotatable bonds is 2. The first-order valence-electron chi connectivity index (χ1n) is 5.18. The van der Waals surface area contributed by atoms with E-state index < -0.39 is 0 Å². The molecule has 1 nitrogen and oxygen atoms in total. The molecule has 0 radical (unpaired) electrons. The summed E-state index contributed by atoms with van der Waals surface area (Å²) in [4.78, 5) is 0. The van der Waals surface area contributed by atoms with Crippen LogP contribution in [0.5, 0.6) is 5.75 Å². The van der Waals surface area contributed by atoms with Gasteiger partial charge in [-0.15, -0.1) is 0 Å². The quantitative estimate of drug-likeness (QED) is 0.700. The highest BCUT2D eigenvalue weighted by Crippen LogP contribution is 2.26. The Labute approximate surface area is 83.9 Å². The van der Waals surface area contributed by atoms with Crippen molar-refractivity contribution in [2.45, 2.75) is 38.7 Å². The van der Waals surface area contributed by atoms with E-state index in [9.17, 15) is 4.39 Å². The molecule has 2 heteroatoms. The summed E-state index contributed by atoms with van der Waals surface area (Å²) < 4.78 is 18.7. The van der Waals surface area contributed by atoms with Crippen LogP contribution in [0.25, 0.3) is 0 Å². The number of benzene rings is 1. The van der Waals surface area contributed by atoms with Crippen molar-refractivity contribution in [3.05, 3.63) is 29.6 Å². The zero-order valence-electron chi connectivity index (χ0n) is 8.42. The van der Waals surface area contributed by atoms with Gasteiger partial charge in [0.1, 0.15) is 11.6 Å². The van der Waals surface area contributed by atoms with E-state index in [1.807, 2.05) is 6.92 Å². The maximum absolute atomic E-state index is 12.9. The molecule has 1 aromatic carbocycles. The fraction of sp³-hybridized carbons (Fsp3) is 0.500. The topological polar surface area (TPSA) is 9.23 Å². The molecule has 0 spiro atoms. The molecular formula is C12H15FO. The Bertz CT molecular complexity index is 316. The van der Waals surface area contributed by atoms with Crippen molar-refractivity contribution in [1.29, 1.82) is 0 Å². The van der Waals surface area contributed by atoms with Crippen LogP contribution in [0.15, 0.2) is 18.2 Å². The highest BCUT2D eigenvalue weighted by molar-refractivity contribution is 5.32. The maximum Gasteiger partial charge on any atom is 0.126 e. The molecular weight excluding hydrogens is 179 g/mol. The molecule has 0 aromatic heterocycles. The summed E-state index contributed by atoms with van der Waals surface area (Å²) in [7, 11) is 0. The first-order valence-corrected chi connectivity index (χ1v) is 5.18. The minimum atomic E-state index is -0.219. The van der Waals surface area contributed by atoms with Gasteiger partial charge in [-0.3, -0.25) is 0 Å². The normalized spacial score (nSPS) is 17.3. The zero-order valence-corrected chi connectivity index (χ0v) is 8.42. The zero-order chi connectivity index (χ0) is 9.97. The Kier molecular flexibility index (Phi) is 2.71. The summed E-state index contributed by atoms with van der Waals surface area (Å²) in [6, 6.07) is 4.71. The molecule has 1 aliphatic carbocycles. The number of ether oxygens (including phenoxy) is 1. The van der Waals surface area contributed by atoms with E-state index in [1.165, 1.54) is 25.0 Å². The molecule has 0 bridgehead atoms. The Morgan fingerprint density at radius 3 is 2.71 bits per heavy atom. The van der Waals surface area contributed by atoms with Gasteiger partial charge in [-0.1, -0.05) is 6.07 Å². The van der Waals surface area contributed by atoms with Crippen molar-refractivity contribution >= 4 is 0 Å². The summed E-state index contributed by atoms with van der Waals surface area (Å²) in [5, 5.41) is 0. The highest BCUT2D eigenvalue weighted by atomic mass is 19.1. The van der Waals surface area contributed by atoms with Crippen LogP contribution in [-0.2, 0) is 0 Å². The van der Waals surface area contributed by atoms with Gasteiger partial charge in [0.15, 0.2) is 0 Å². The standard InChI is InChI=1S/C12H15FO/c1-9-6-7-10(13)8-12(9)14-11-4-2-3-5-11/h6-8,11H,2-5H2,1H3. The van der Waals surface area contributed by atoms with E-state index in [-0.39, 0.29) is 5.82 Å². The van der Waals surface area contributed by atoms with Crippen molar-refractivity contribution in [2.24, 2.45) is 0 Å². The fourth-order valence-electron chi connectivity index (χ4n) is 1.89. The smallest absolute Gasteiger partial charge is 0.126 e. The summed E-state index contributed by atoms with van der Waals surface area (Å²) in [6.45, 7) is 1.95. The van der Waals surface area contributed by atoms with E-state index in [0.717, 1.165) is 18.4 Å². The van der Waals surface area contributed by atoms with Crippen molar-refractivity contribution < 1.29 is 9.13 Å². The van der Waals surface area contributed by atoms with E-state index >= 15 is 0 Å². The number of hydrogen-bond acceptors (Lipinski definition) is 1. The lowest BCUT2D eigenvalue weighted by molar-refractivity contribution is 0.208. The summed E-state index contributed by atoms with van der Waals surface area (Å²) in [5.41, 5.74) is 1.01. The molecule has 0 N–H and O–H groups in total. The van der Waals surface area contributed by atoms with Crippen LogP contribution in [-0.4, -0.2) is 6.10 Å². The molecule has 1 fully saturated rings. The lowest BCUT2D eigenvalue weighted by Crippen LogP contribution is -2.11. The second kappa shape index (κ2) is 3.99. The second-order valence-corrected chi connectivity index (χ2v) is 3.93. The second-order valence-electron chi connectivity index (χ2n) is 3.93. The minimum Gasteiger partial charge on any atom is -0.490 e. The average molecular weight is 194 g/mol. The predicted octanol–water partition coefficient (Wildman–Crippen LogP) is 3.46. The minimum absolute atomic E-state index is 0.219. The van der Waals surface area contributed by atoms with Crippen LogP contribution in [0.2, 0.25) is 0 Å². The van der Waals surface area contributed by atoms with Crippen LogP contribution < -0.4 is 4.74 Å². The van der Waals surface area contributed by atoms with Gasteiger partial charge in [0, 0.05) is 6.07 Å². The summed E-state index contributed by atoms with van der Waals surface area (Å²) >= 11 is 0. The molecule has 76 valence electrons. The maximum atomic E-state index is 12.9. The highest BCUT2D eigenvalue weighted by Gasteiger charge is 2.17. The van der Waals surface area contributed by atoms with Gasteiger partial charge >= 0.3 is 0 Å². The number of aryl methyl sites for hydroxylation is 1. The van der Waals surface area contributed by atoms with E-state index in [1.54, 1.807) is 6.07 Å². The molecule has 2 rings (SSSR count). The number of hydrogen-bond donors (Lipinski definition) is 0. The largest absolute Gasteiger partial charge is 0.490 e. The molecule has 0 atom stereocenters. The lowest BCUT2D eigenvalue weighted by Gasteiger charge is -2.14. The van der Waals surface area contributed by atoms with Crippen molar-refractivity contribution in [1.82, 2.24) is 0 Å². The van der Waals surface area contributed by atoms with Gasteiger partial charge in [-0.05, 0) is 44.2 Å². The Morgan fingerprint density at radius 2 is 2.00 bits per heavy atom. The fourth-order valence-corrected chi connectivity index (χ4v) is 1.89. The predicted molar refractivity (Wildman–Crippen MR) is 54.0 cm³/mol. The van der Waals surface area contributed by atoms with Crippen LogP contribution in [0.1, 0.15) is 31.2 Å². The summed E-state index contributed by atoms with van der Waals surface area (Å²) in [5.74, 6) is 0.487. The first-order chi connectivity index (χ1) is 6.75. The summed E-state index contributed by atoms with van der Waals surface area (Å²) in [6.07, 6.45) is 4.99. The van der Waals surface area contributed by atoms with Crippen LogP contribution in [0.3, 0.4) is 0 Å². The van der Waals surface area contributed by atoms with E-state index in [2.05, 4.69) is 0 Å². The monoisotopic (exact) mass is 194 g/mol. The first kappa shape index (κ1) is 9.50. The van der Waals surface area contributed by atoms with E-state index in [4.69, 9.17) is 4.74 Å². The molecule has 0 saturated heterocycles. The molecule has 1 saturated carbocycles. The van der Waals surface area contributed by atoms with E-state index in [0.29, 0.717) is 11.9 Å². The molecule has 1 aliphatic rings. The number of halogens is 1.